The zero-order valence-corrected chi connectivity index (χ0v) is 7.97. The topological polar surface area (TPSA) is 29.5 Å². The molecule has 12 heavy (non-hydrogen) atoms. The summed E-state index contributed by atoms with van der Waals surface area (Å²) in [4.78, 5) is 1.19. The van der Waals surface area contributed by atoms with Crippen molar-refractivity contribution >= 4 is 11.8 Å². The van der Waals surface area contributed by atoms with Gasteiger partial charge >= 0.3 is 0 Å². The molecule has 0 saturated heterocycles. The minimum absolute atomic E-state index is 0.697. The predicted octanol–water partition coefficient (Wildman–Crippen LogP) is 2.13. The van der Waals surface area contributed by atoms with Crippen molar-refractivity contribution in [2.45, 2.75) is 18.1 Å². The van der Waals surface area contributed by atoms with Crippen molar-refractivity contribution in [1.29, 1.82) is 0 Å². The Bertz CT molecular complexity index is 231. The Kier molecular flexibility index (Phi) is 3.44. The summed E-state index contributed by atoms with van der Waals surface area (Å²) in [5.74, 6) is 0.697. The molecular weight excluding hydrogens is 172 g/mol. The normalized spacial score (nSPS) is 12.6. The number of hydrogen-bond acceptors (Lipinski definition) is 3. The van der Waals surface area contributed by atoms with Gasteiger partial charge in [0.25, 0.3) is 0 Å². The summed E-state index contributed by atoms with van der Waals surface area (Å²) in [6.07, 6.45) is 1.27. The van der Waals surface area contributed by atoms with Crippen LogP contribution in [0.2, 0.25) is 0 Å². The van der Waals surface area contributed by atoms with Crippen molar-refractivity contribution in [3.63, 3.8) is 0 Å². The van der Waals surface area contributed by atoms with Gasteiger partial charge in [0.1, 0.15) is 5.75 Å². The van der Waals surface area contributed by atoms with E-state index in [0.717, 1.165) is 0 Å². The fraction of sp³-hybridized carbons (Fsp3) is 0.333. The van der Waals surface area contributed by atoms with Gasteiger partial charge in [-0.05, 0) is 37.4 Å². The third-order valence-electron chi connectivity index (χ3n) is 1.37. The van der Waals surface area contributed by atoms with Crippen LogP contribution < -0.4 is 4.74 Å². The molecule has 0 heterocycles. The molecular formula is C9H12O2S. The fourth-order valence-electron chi connectivity index (χ4n) is 0.851. The van der Waals surface area contributed by atoms with E-state index >= 15 is 0 Å². The first-order valence-corrected chi connectivity index (χ1v) is 4.93. The second-order valence-electron chi connectivity index (χ2n) is 2.39. The smallest absolute Gasteiger partial charge is 0.194 e. The second kappa shape index (κ2) is 4.38. The van der Waals surface area contributed by atoms with Crippen LogP contribution in [0, 0.1) is 0 Å². The first-order chi connectivity index (χ1) is 5.72. The maximum Gasteiger partial charge on any atom is 0.194 e. The molecule has 0 aliphatic heterocycles. The fourth-order valence-corrected chi connectivity index (χ4v) is 1.26. The lowest BCUT2D eigenvalue weighted by atomic mass is 10.3. The van der Waals surface area contributed by atoms with E-state index in [-0.39, 0.29) is 0 Å². The lowest BCUT2D eigenvalue weighted by molar-refractivity contribution is -0.000323. The molecule has 66 valence electrons. The quantitative estimate of drug-likeness (QED) is 0.576. The molecule has 0 bridgehead atoms. The van der Waals surface area contributed by atoms with Crippen LogP contribution in [-0.2, 0) is 0 Å². The Labute approximate surface area is 76.6 Å². The summed E-state index contributed by atoms with van der Waals surface area (Å²) in [5, 5.41) is 8.90. The molecule has 1 atom stereocenters. The summed E-state index contributed by atoms with van der Waals surface area (Å²) >= 11 is 1.68. The third-order valence-corrected chi connectivity index (χ3v) is 2.11. The number of ether oxygens (including phenoxy) is 1. The minimum Gasteiger partial charge on any atom is -0.465 e. The van der Waals surface area contributed by atoms with Crippen LogP contribution in [0.3, 0.4) is 0 Å². The number of aliphatic hydroxyl groups is 1. The molecule has 0 saturated carbocycles. The van der Waals surface area contributed by atoms with E-state index in [2.05, 4.69) is 0 Å². The highest BCUT2D eigenvalue weighted by atomic mass is 32.2. The molecule has 1 N–H and O–H groups in total. The van der Waals surface area contributed by atoms with Gasteiger partial charge in [-0.15, -0.1) is 11.8 Å². The Balaban J connectivity index is 2.65. The molecule has 0 aliphatic carbocycles. The van der Waals surface area contributed by atoms with Gasteiger partial charge in [-0.1, -0.05) is 0 Å². The van der Waals surface area contributed by atoms with Gasteiger partial charge in [0.15, 0.2) is 6.29 Å². The molecule has 0 amide bonds. The summed E-state index contributed by atoms with van der Waals surface area (Å²) in [6, 6.07) is 7.61. The Hall–Kier alpha value is -0.670. The summed E-state index contributed by atoms with van der Waals surface area (Å²) in [5.41, 5.74) is 0. The molecule has 1 unspecified atom stereocenters. The number of aliphatic hydroxyl groups excluding tert-OH is 1. The van der Waals surface area contributed by atoms with E-state index in [1.54, 1.807) is 18.7 Å². The van der Waals surface area contributed by atoms with E-state index in [1.165, 1.54) is 4.90 Å². The van der Waals surface area contributed by atoms with Gasteiger partial charge in [0, 0.05) is 4.90 Å². The van der Waals surface area contributed by atoms with Crippen molar-refractivity contribution in [2.24, 2.45) is 0 Å². The largest absolute Gasteiger partial charge is 0.465 e. The number of benzene rings is 1. The molecule has 1 aromatic rings. The van der Waals surface area contributed by atoms with E-state index in [4.69, 9.17) is 9.84 Å². The zero-order chi connectivity index (χ0) is 8.97. The third kappa shape index (κ3) is 2.75. The van der Waals surface area contributed by atoms with E-state index < -0.39 is 6.29 Å². The number of hydrogen-bond donors (Lipinski definition) is 1. The Morgan fingerprint density at radius 2 is 1.92 bits per heavy atom. The number of rotatable bonds is 3. The van der Waals surface area contributed by atoms with Gasteiger partial charge < -0.3 is 9.84 Å². The van der Waals surface area contributed by atoms with Crippen LogP contribution in [0.15, 0.2) is 29.2 Å². The van der Waals surface area contributed by atoms with E-state index in [0.29, 0.717) is 5.75 Å². The average molecular weight is 184 g/mol. The van der Waals surface area contributed by atoms with Crippen LogP contribution in [-0.4, -0.2) is 17.7 Å². The SMILES string of the molecule is CSc1ccc(OC(C)O)cc1. The van der Waals surface area contributed by atoms with Crippen LogP contribution >= 0.6 is 11.8 Å². The predicted molar refractivity (Wildman–Crippen MR) is 50.5 cm³/mol. The van der Waals surface area contributed by atoms with Crippen LogP contribution in [0.5, 0.6) is 5.75 Å². The Morgan fingerprint density at radius 1 is 1.33 bits per heavy atom. The molecule has 0 aliphatic rings. The first-order valence-electron chi connectivity index (χ1n) is 3.71. The molecule has 3 heteroatoms. The standard InChI is InChI=1S/C9H12O2S/c1-7(10)11-8-3-5-9(12-2)6-4-8/h3-7,10H,1-2H3. The molecule has 0 aromatic heterocycles. The van der Waals surface area contributed by atoms with Crippen molar-refractivity contribution < 1.29 is 9.84 Å². The van der Waals surface area contributed by atoms with E-state index in [1.807, 2.05) is 30.5 Å². The highest BCUT2D eigenvalue weighted by molar-refractivity contribution is 7.98. The maximum absolute atomic E-state index is 8.90. The molecule has 0 radical (unpaired) electrons. The molecule has 2 nitrogen and oxygen atoms in total. The molecule has 1 rings (SSSR count). The van der Waals surface area contributed by atoms with Crippen LogP contribution in [0.25, 0.3) is 0 Å². The van der Waals surface area contributed by atoms with Gasteiger partial charge in [-0.3, -0.25) is 0 Å². The summed E-state index contributed by atoms with van der Waals surface area (Å²) in [6.45, 7) is 1.59. The van der Waals surface area contributed by atoms with Gasteiger partial charge in [0.05, 0.1) is 0 Å². The molecule has 1 aromatic carbocycles. The van der Waals surface area contributed by atoms with Gasteiger partial charge in [-0.2, -0.15) is 0 Å². The van der Waals surface area contributed by atoms with Crippen LogP contribution in [0.1, 0.15) is 6.92 Å². The Morgan fingerprint density at radius 3 is 2.33 bits per heavy atom. The second-order valence-corrected chi connectivity index (χ2v) is 3.27. The summed E-state index contributed by atoms with van der Waals surface area (Å²) in [7, 11) is 0. The zero-order valence-electron chi connectivity index (χ0n) is 7.15. The monoisotopic (exact) mass is 184 g/mol. The van der Waals surface area contributed by atoms with E-state index in [9.17, 15) is 0 Å². The summed E-state index contributed by atoms with van der Waals surface area (Å²) < 4.78 is 5.06. The first kappa shape index (κ1) is 9.42. The minimum atomic E-state index is -0.745. The van der Waals surface area contributed by atoms with Crippen LogP contribution in [0.4, 0.5) is 0 Å². The number of thioether (sulfide) groups is 1. The highest BCUT2D eigenvalue weighted by Gasteiger charge is 1.97. The average Bonchev–Trinajstić information content (AvgIpc) is 2.05. The van der Waals surface area contributed by atoms with Gasteiger partial charge in [-0.25, -0.2) is 0 Å². The van der Waals surface area contributed by atoms with Crippen molar-refractivity contribution in [2.75, 3.05) is 6.26 Å². The van der Waals surface area contributed by atoms with Crippen molar-refractivity contribution in [3.05, 3.63) is 24.3 Å². The van der Waals surface area contributed by atoms with Crippen molar-refractivity contribution in [3.8, 4) is 5.75 Å². The van der Waals surface area contributed by atoms with Gasteiger partial charge in [0.2, 0.25) is 0 Å². The molecule has 0 spiro atoms. The lowest BCUT2D eigenvalue weighted by Crippen LogP contribution is -2.09. The molecule has 0 fully saturated rings. The lowest BCUT2D eigenvalue weighted by Gasteiger charge is -2.08. The highest BCUT2D eigenvalue weighted by Crippen LogP contribution is 2.19. The maximum atomic E-state index is 8.90. The van der Waals surface area contributed by atoms with Crippen molar-refractivity contribution in [1.82, 2.24) is 0 Å².